The van der Waals surface area contributed by atoms with E-state index in [1.807, 2.05) is 0 Å². The van der Waals surface area contributed by atoms with E-state index in [-0.39, 0.29) is 24.8 Å². The van der Waals surface area contributed by atoms with Crippen molar-refractivity contribution in [2.45, 2.75) is 19.8 Å². The van der Waals surface area contributed by atoms with E-state index in [0.29, 0.717) is 6.61 Å². The van der Waals surface area contributed by atoms with Crippen LogP contribution < -0.4 is 15.2 Å². The summed E-state index contributed by atoms with van der Waals surface area (Å²) in [5.74, 6) is 0.693. The Hall–Kier alpha value is -2.49. The van der Waals surface area contributed by atoms with Gasteiger partial charge in [0, 0.05) is 22.8 Å². The first kappa shape index (κ1) is 13.2. The number of hydrogen-bond donors (Lipinski definition) is 1. The van der Waals surface area contributed by atoms with Crippen molar-refractivity contribution in [2.75, 3.05) is 13.2 Å². The van der Waals surface area contributed by atoms with Gasteiger partial charge >= 0.3 is 5.97 Å². The van der Waals surface area contributed by atoms with E-state index in [2.05, 4.69) is 19.1 Å². The molecule has 0 radical (unpaired) electrons. The number of ether oxygens (including phenoxy) is 2. The van der Waals surface area contributed by atoms with E-state index >= 15 is 0 Å². The minimum Gasteiger partial charge on any atom is -0.508 e. The molecule has 1 fully saturated rings. The van der Waals surface area contributed by atoms with Crippen LogP contribution in [0.3, 0.4) is 0 Å². The van der Waals surface area contributed by atoms with Gasteiger partial charge in [-0.2, -0.15) is 0 Å². The molecule has 4 rings (SSSR count). The molecule has 4 nitrogen and oxygen atoms in total. The number of esters is 1. The Morgan fingerprint density at radius 2 is 2.09 bits per heavy atom. The van der Waals surface area contributed by atoms with Gasteiger partial charge in [-0.15, -0.1) is 0 Å². The molecule has 1 aromatic carbocycles. The molecule has 0 bridgehead atoms. The molecule has 112 valence electrons. The van der Waals surface area contributed by atoms with Crippen molar-refractivity contribution in [3.05, 3.63) is 45.0 Å². The lowest BCUT2D eigenvalue weighted by molar-refractivity contribution is -0.142. The fourth-order valence-electron chi connectivity index (χ4n) is 3.30. The largest absolute Gasteiger partial charge is 0.508 e. The van der Waals surface area contributed by atoms with Crippen molar-refractivity contribution in [3.63, 3.8) is 0 Å². The molecule has 2 aliphatic heterocycles. The van der Waals surface area contributed by atoms with Crippen LogP contribution in [0.2, 0.25) is 0 Å². The van der Waals surface area contributed by atoms with Gasteiger partial charge in [-0.05, 0) is 35.4 Å². The van der Waals surface area contributed by atoms with Crippen molar-refractivity contribution in [1.82, 2.24) is 0 Å². The predicted octanol–water partition coefficient (Wildman–Crippen LogP) is 1.49. The fourth-order valence-corrected chi connectivity index (χ4v) is 3.30. The molecule has 3 aliphatic rings. The number of hydrogen-bond acceptors (Lipinski definition) is 4. The van der Waals surface area contributed by atoms with Crippen molar-refractivity contribution in [2.24, 2.45) is 0 Å². The Balaban J connectivity index is 2.11. The lowest BCUT2D eigenvalue weighted by Gasteiger charge is -2.20. The van der Waals surface area contributed by atoms with E-state index in [0.717, 1.165) is 44.9 Å². The summed E-state index contributed by atoms with van der Waals surface area (Å²) in [7, 11) is 0. The van der Waals surface area contributed by atoms with Gasteiger partial charge in [0.25, 0.3) is 0 Å². The van der Waals surface area contributed by atoms with E-state index < -0.39 is 0 Å². The zero-order valence-corrected chi connectivity index (χ0v) is 12.3. The molecule has 1 aliphatic carbocycles. The first-order valence-corrected chi connectivity index (χ1v) is 7.40. The van der Waals surface area contributed by atoms with Gasteiger partial charge in [-0.1, -0.05) is 12.1 Å². The Bertz CT molecular complexity index is 871. The first-order valence-electron chi connectivity index (χ1n) is 7.40. The summed E-state index contributed by atoms with van der Waals surface area (Å²) < 4.78 is 11.1. The van der Waals surface area contributed by atoms with Gasteiger partial charge in [0.1, 0.15) is 18.1 Å². The van der Waals surface area contributed by atoms with Gasteiger partial charge < -0.3 is 14.6 Å². The lowest BCUT2D eigenvalue weighted by atomic mass is 9.95. The van der Waals surface area contributed by atoms with Crippen molar-refractivity contribution < 1.29 is 19.4 Å². The van der Waals surface area contributed by atoms with Crippen LogP contribution in [0.1, 0.15) is 24.0 Å². The standard InChI is InChI=1S/C18H16O4/c1-10-5-14-15(18-13(10)3-2-4-21-18)8-12(19)6-11-7-17(20)22-9-16(11)14/h3,5-6,8,19H,2,4,7,9H2,1H3. The minimum atomic E-state index is -0.259. The molecule has 1 saturated heterocycles. The number of cyclic esters (lactones) is 1. The zero-order valence-electron chi connectivity index (χ0n) is 12.3. The van der Waals surface area contributed by atoms with Crippen LogP contribution in [-0.4, -0.2) is 24.3 Å². The quantitative estimate of drug-likeness (QED) is 0.737. The monoisotopic (exact) mass is 296 g/mol. The molecule has 0 aromatic heterocycles. The van der Waals surface area contributed by atoms with Crippen LogP contribution in [0.25, 0.3) is 17.7 Å². The number of allylic oxidation sites excluding steroid dienone is 1. The van der Waals surface area contributed by atoms with E-state index in [1.165, 1.54) is 0 Å². The van der Waals surface area contributed by atoms with E-state index in [4.69, 9.17) is 9.47 Å². The van der Waals surface area contributed by atoms with Gasteiger partial charge in [-0.25, -0.2) is 0 Å². The minimum absolute atomic E-state index is 0.140. The van der Waals surface area contributed by atoms with E-state index in [9.17, 15) is 9.90 Å². The average molecular weight is 296 g/mol. The first-order chi connectivity index (χ1) is 10.6. The molecule has 0 saturated carbocycles. The second-order valence-corrected chi connectivity index (χ2v) is 5.79. The molecule has 0 atom stereocenters. The summed E-state index contributed by atoms with van der Waals surface area (Å²) in [6.07, 6.45) is 6.62. The number of fused-ring (bicyclic) bond motifs is 4. The number of rotatable bonds is 0. The molecular weight excluding hydrogens is 280 g/mol. The highest BCUT2D eigenvalue weighted by atomic mass is 16.5. The van der Waals surface area contributed by atoms with Crippen LogP contribution >= 0.6 is 0 Å². The third kappa shape index (κ3) is 1.95. The maximum atomic E-state index is 11.5. The SMILES string of the molecule is Cc1cc2c(c3c1=CCCO3)C=C(O)C=C1CC(=O)OCC=21. The topological polar surface area (TPSA) is 55.8 Å². The highest BCUT2D eigenvalue weighted by Gasteiger charge is 2.24. The Labute approximate surface area is 127 Å². The average Bonchev–Trinajstić information content (AvgIpc) is 2.63. The zero-order chi connectivity index (χ0) is 15.3. The van der Waals surface area contributed by atoms with Crippen molar-refractivity contribution in [3.8, 4) is 5.75 Å². The molecule has 22 heavy (non-hydrogen) atoms. The lowest BCUT2D eigenvalue weighted by Crippen LogP contribution is -2.28. The third-order valence-electron chi connectivity index (χ3n) is 4.32. The maximum absolute atomic E-state index is 11.5. The second kappa shape index (κ2) is 4.77. The highest BCUT2D eigenvalue weighted by Crippen LogP contribution is 2.28. The number of aliphatic hydroxyl groups is 1. The number of carbonyl (C=O) groups is 1. The normalized spacial score (nSPS) is 19.3. The third-order valence-corrected chi connectivity index (χ3v) is 4.32. The fraction of sp³-hybridized carbons (Fsp3) is 0.278. The molecule has 2 heterocycles. The Morgan fingerprint density at radius 3 is 2.95 bits per heavy atom. The van der Waals surface area contributed by atoms with Gasteiger partial charge in [-0.3, -0.25) is 4.79 Å². The van der Waals surface area contributed by atoms with E-state index in [1.54, 1.807) is 12.2 Å². The number of carbonyl (C=O) groups excluding carboxylic acids is 1. The van der Waals surface area contributed by atoms with Crippen LogP contribution in [0.5, 0.6) is 5.75 Å². The molecule has 0 unspecified atom stereocenters. The second-order valence-electron chi connectivity index (χ2n) is 5.79. The van der Waals surface area contributed by atoms with Crippen LogP contribution in [0.4, 0.5) is 0 Å². The van der Waals surface area contributed by atoms with Crippen LogP contribution in [0, 0.1) is 6.92 Å². The molecular formula is C18H16O4. The summed E-state index contributed by atoms with van der Waals surface area (Å²) in [4.78, 5) is 11.5. The summed E-state index contributed by atoms with van der Waals surface area (Å²) >= 11 is 0. The van der Waals surface area contributed by atoms with Crippen LogP contribution in [0.15, 0.2) is 23.5 Å². The van der Waals surface area contributed by atoms with Gasteiger partial charge in [0.05, 0.1) is 13.0 Å². The molecule has 0 amide bonds. The summed E-state index contributed by atoms with van der Waals surface area (Å²) in [5, 5.41) is 12.3. The summed E-state index contributed by atoms with van der Waals surface area (Å²) in [6, 6.07) is 2.09. The summed E-state index contributed by atoms with van der Waals surface area (Å²) in [6.45, 7) is 2.93. The highest BCUT2D eigenvalue weighted by molar-refractivity contribution is 5.87. The number of aliphatic hydroxyl groups excluding tert-OH is 1. The molecule has 0 spiro atoms. The number of aryl methyl sites for hydroxylation is 1. The Morgan fingerprint density at radius 1 is 1.23 bits per heavy atom. The molecule has 1 aromatic rings. The van der Waals surface area contributed by atoms with Gasteiger partial charge in [0.15, 0.2) is 0 Å². The molecule has 4 heteroatoms. The van der Waals surface area contributed by atoms with Crippen molar-refractivity contribution >= 4 is 23.7 Å². The maximum Gasteiger partial charge on any atom is 0.310 e. The summed E-state index contributed by atoms with van der Waals surface area (Å²) in [5.41, 5.74) is 3.78. The number of benzene rings is 1. The predicted molar refractivity (Wildman–Crippen MR) is 82.7 cm³/mol. The Kier molecular flexibility index (Phi) is 2.86. The van der Waals surface area contributed by atoms with Crippen molar-refractivity contribution in [1.29, 1.82) is 0 Å². The van der Waals surface area contributed by atoms with Gasteiger partial charge in [0.2, 0.25) is 0 Å². The molecule has 1 N–H and O–H groups in total. The smallest absolute Gasteiger partial charge is 0.310 e. The van der Waals surface area contributed by atoms with Crippen LogP contribution in [-0.2, 0) is 9.53 Å².